The van der Waals surface area contributed by atoms with E-state index in [1.165, 1.54) is 4.90 Å². The van der Waals surface area contributed by atoms with Crippen LogP contribution in [0, 0.1) is 0 Å². The number of carbonyl (C=O) groups is 2. The van der Waals surface area contributed by atoms with Gasteiger partial charge in [-0.1, -0.05) is 56.8 Å². The second-order valence-corrected chi connectivity index (χ2v) is 8.34. The Morgan fingerprint density at radius 3 is 2.45 bits per heavy atom. The third-order valence-electron chi connectivity index (χ3n) is 4.10. The number of hydrogen-bond acceptors (Lipinski definition) is 3. The number of nitrogens with one attached hydrogen (secondary N) is 1. The van der Waals surface area contributed by atoms with Gasteiger partial charge in [-0.25, -0.2) is 0 Å². The van der Waals surface area contributed by atoms with E-state index in [4.69, 9.17) is 39.5 Å². The number of ether oxygens (including phenoxy) is 1. The second-order valence-electron chi connectivity index (χ2n) is 6.20. The Hall–Kier alpha value is -1.47. The predicted octanol–water partition coefficient (Wildman–Crippen LogP) is 5.34. The van der Waals surface area contributed by atoms with E-state index in [0.29, 0.717) is 27.4 Å². The van der Waals surface area contributed by atoms with E-state index < -0.39 is 6.04 Å². The van der Waals surface area contributed by atoms with Crippen molar-refractivity contribution in [2.24, 2.45) is 0 Å². The minimum absolute atomic E-state index is 0.172. The number of amides is 2. The summed E-state index contributed by atoms with van der Waals surface area (Å²) in [5.41, 5.74) is 0.741. The molecule has 156 valence electrons. The molecule has 1 atom stereocenters. The predicted molar refractivity (Wildman–Crippen MR) is 120 cm³/mol. The number of hydrogen-bond donors (Lipinski definition) is 1. The number of rotatable bonds is 8. The summed E-state index contributed by atoms with van der Waals surface area (Å²) >= 11 is 21.5. The zero-order chi connectivity index (χ0) is 21.6. The van der Waals surface area contributed by atoms with E-state index >= 15 is 0 Å². The third-order valence-corrected chi connectivity index (χ3v) is 5.63. The van der Waals surface area contributed by atoms with Crippen molar-refractivity contribution in [3.63, 3.8) is 0 Å². The van der Waals surface area contributed by atoms with Gasteiger partial charge in [-0.05, 0) is 49.7 Å². The van der Waals surface area contributed by atoms with Gasteiger partial charge in [0.05, 0.1) is 15.1 Å². The molecule has 0 saturated heterocycles. The third kappa shape index (κ3) is 6.78. The molecule has 0 aliphatic carbocycles. The van der Waals surface area contributed by atoms with E-state index in [-0.39, 0.29) is 25.0 Å². The monoisotopic (exact) mass is 520 g/mol. The Kier molecular flexibility index (Phi) is 9.08. The van der Waals surface area contributed by atoms with Crippen LogP contribution in [0.3, 0.4) is 0 Å². The summed E-state index contributed by atoms with van der Waals surface area (Å²) in [4.78, 5) is 26.7. The highest BCUT2D eigenvalue weighted by molar-refractivity contribution is 9.10. The fourth-order valence-electron chi connectivity index (χ4n) is 2.55. The molecule has 0 spiro atoms. The summed E-state index contributed by atoms with van der Waals surface area (Å²) < 4.78 is 6.38. The minimum atomic E-state index is -0.708. The van der Waals surface area contributed by atoms with Crippen LogP contribution >= 0.6 is 50.7 Å². The fourth-order valence-corrected chi connectivity index (χ4v) is 3.60. The average molecular weight is 523 g/mol. The Morgan fingerprint density at radius 1 is 1.10 bits per heavy atom. The Labute approximate surface area is 193 Å². The van der Waals surface area contributed by atoms with Crippen molar-refractivity contribution in [3.8, 4) is 5.75 Å². The zero-order valence-electron chi connectivity index (χ0n) is 15.8. The Bertz CT molecular complexity index is 895. The van der Waals surface area contributed by atoms with Gasteiger partial charge in [0, 0.05) is 17.6 Å². The van der Waals surface area contributed by atoms with Crippen LogP contribution in [0.15, 0.2) is 40.9 Å². The number of likely N-dealkylation sites (N-methyl/N-ethyl adjacent to an activating group) is 1. The minimum Gasteiger partial charge on any atom is -0.482 e. The van der Waals surface area contributed by atoms with Crippen molar-refractivity contribution in [2.75, 3.05) is 13.2 Å². The molecule has 0 bridgehead atoms. The van der Waals surface area contributed by atoms with Gasteiger partial charge in [0.2, 0.25) is 5.91 Å². The van der Waals surface area contributed by atoms with Crippen LogP contribution in [0.25, 0.3) is 0 Å². The van der Waals surface area contributed by atoms with Crippen molar-refractivity contribution in [1.82, 2.24) is 10.2 Å². The van der Waals surface area contributed by atoms with Crippen LogP contribution in [0.2, 0.25) is 15.1 Å². The molecule has 2 aromatic carbocycles. The quantitative estimate of drug-likeness (QED) is 0.509. The lowest BCUT2D eigenvalue weighted by Crippen LogP contribution is -2.49. The number of carbonyl (C=O) groups excluding carboxylic acids is 2. The maximum Gasteiger partial charge on any atom is 0.261 e. The summed E-state index contributed by atoms with van der Waals surface area (Å²) in [7, 11) is 0. The highest BCUT2D eigenvalue weighted by atomic mass is 79.9. The molecule has 2 aromatic rings. The fraction of sp³-hybridized carbons (Fsp3) is 0.300. The highest BCUT2D eigenvalue weighted by Crippen LogP contribution is 2.28. The van der Waals surface area contributed by atoms with E-state index in [2.05, 4.69) is 21.2 Å². The number of halogens is 4. The van der Waals surface area contributed by atoms with E-state index in [9.17, 15) is 9.59 Å². The van der Waals surface area contributed by atoms with E-state index in [0.717, 1.165) is 10.0 Å². The van der Waals surface area contributed by atoms with Gasteiger partial charge < -0.3 is 15.0 Å². The smallest absolute Gasteiger partial charge is 0.261 e. The van der Waals surface area contributed by atoms with Gasteiger partial charge in [0.1, 0.15) is 11.8 Å². The number of benzene rings is 2. The van der Waals surface area contributed by atoms with Crippen LogP contribution in [-0.4, -0.2) is 35.9 Å². The van der Waals surface area contributed by atoms with Gasteiger partial charge in [-0.15, -0.1) is 0 Å². The maximum atomic E-state index is 12.9. The molecule has 0 saturated carbocycles. The molecular weight excluding hydrogens is 502 g/mol. The van der Waals surface area contributed by atoms with Crippen molar-refractivity contribution >= 4 is 62.5 Å². The number of nitrogens with zero attached hydrogens (tertiary/aromatic N) is 1. The van der Waals surface area contributed by atoms with Crippen molar-refractivity contribution < 1.29 is 14.3 Å². The van der Waals surface area contributed by atoms with Gasteiger partial charge in [-0.3, -0.25) is 9.59 Å². The highest BCUT2D eigenvalue weighted by Gasteiger charge is 2.26. The van der Waals surface area contributed by atoms with Gasteiger partial charge in [0.25, 0.3) is 5.91 Å². The molecule has 0 aliphatic rings. The van der Waals surface area contributed by atoms with Crippen LogP contribution in [0.5, 0.6) is 5.75 Å². The normalized spacial score (nSPS) is 11.7. The summed E-state index contributed by atoms with van der Waals surface area (Å²) in [6.45, 7) is 3.84. The first-order valence-corrected chi connectivity index (χ1v) is 10.7. The molecule has 0 heterocycles. The lowest BCUT2D eigenvalue weighted by atomic mass is 10.1. The first kappa shape index (κ1) is 23.8. The molecule has 29 heavy (non-hydrogen) atoms. The van der Waals surface area contributed by atoms with Crippen LogP contribution in [0.4, 0.5) is 0 Å². The maximum absolute atomic E-state index is 12.9. The van der Waals surface area contributed by atoms with Crippen molar-refractivity contribution in [2.45, 2.75) is 26.4 Å². The first-order valence-electron chi connectivity index (χ1n) is 8.81. The van der Waals surface area contributed by atoms with E-state index in [1.807, 2.05) is 6.92 Å². The topological polar surface area (TPSA) is 58.6 Å². The van der Waals surface area contributed by atoms with Gasteiger partial charge in [0.15, 0.2) is 6.61 Å². The summed E-state index contributed by atoms with van der Waals surface area (Å²) in [6, 6.07) is 9.46. The Balaban J connectivity index is 2.19. The standard InChI is InChI=1S/C20H20BrCl3N2O3/c1-3-25-20(28)12(2)26(10-13-4-6-15(22)16(23)8-13)19(27)11-29-18-7-5-14(21)9-17(18)24/h4-9,12H,3,10-11H2,1-2H3,(H,25,28)/t12-/m0/s1. The molecule has 0 aromatic heterocycles. The van der Waals surface area contributed by atoms with Crippen LogP contribution in [-0.2, 0) is 16.1 Å². The molecular formula is C20H20BrCl3N2O3. The largest absolute Gasteiger partial charge is 0.482 e. The zero-order valence-corrected chi connectivity index (χ0v) is 19.7. The molecule has 0 aliphatic heterocycles. The molecule has 9 heteroatoms. The van der Waals surface area contributed by atoms with Crippen molar-refractivity contribution in [1.29, 1.82) is 0 Å². The summed E-state index contributed by atoms with van der Waals surface area (Å²) in [6.07, 6.45) is 0. The second kappa shape index (κ2) is 11.1. The van der Waals surface area contributed by atoms with Crippen LogP contribution < -0.4 is 10.1 Å². The average Bonchev–Trinajstić information content (AvgIpc) is 2.67. The molecule has 0 radical (unpaired) electrons. The molecule has 2 amide bonds. The first-order chi connectivity index (χ1) is 13.7. The van der Waals surface area contributed by atoms with Gasteiger partial charge >= 0.3 is 0 Å². The molecule has 0 unspecified atom stereocenters. The summed E-state index contributed by atoms with van der Waals surface area (Å²) in [5, 5.41) is 3.89. The van der Waals surface area contributed by atoms with Crippen molar-refractivity contribution in [3.05, 3.63) is 61.5 Å². The molecule has 0 fully saturated rings. The molecule has 1 N–H and O–H groups in total. The molecule has 2 rings (SSSR count). The lowest BCUT2D eigenvalue weighted by Gasteiger charge is -2.28. The molecule has 5 nitrogen and oxygen atoms in total. The summed E-state index contributed by atoms with van der Waals surface area (Å²) in [5.74, 6) is -0.250. The van der Waals surface area contributed by atoms with Crippen LogP contribution in [0.1, 0.15) is 19.4 Å². The Morgan fingerprint density at radius 2 is 1.83 bits per heavy atom. The lowest BCUT2D eigenvalue weighted by molar-refractivity contribution is -0.142. The SMILES string of the molecule is CCNC(=O)[C@H](C)N(Cc1ccc(Cl)c(Cl)c1)C(=O)COc1ccc(Br)cc1Cl. The van der Waals surface area contributed by atoms with Gasteiger partial charge in [-0.2, -0.15) is 0 Å². The van der Waals surface area contributed by atoms with E-state index in [1.54, 1.807) is 43.3 Å².